The van der Waals surface area contributed by atoms with Crippen molar-refractivity contribution in [2.45, 2.75) is 6.92 Å². The molecule has 5 heteroatoms. The summed E-state index contributed by atoms with van der Waals surface area (Å²) < 4.78 is 0. The third kappa shape index (κ3) is 3.45. The molecule has 0 radical (unpaired) electrons. The van der Waals surface area contributed by atoms with Crippen molar-refractivity contribution < 1.29 is 42.4 Å². The van der Waals surface area contributed by atoms with Crippen LogP contribution in [0.3, 0.4) is 0 Å². The second-order valence-electron chi connectivity index (χ2n) is 2.53. The predicted molar refractivity (Wildman–Crippen MR) is 47.7 cm³/mol. The molecule has 1 aromatic carbocycles. The maximum absolute atomic E-state index is 10.7. The topological polar surface area (TPSA) is 66.4 Å². The molecule has 0 heterocycles. The Hall–Kier alpha value is -0.905. The van der Waals surface area contributed by atoms with Crippen molar-refractivity contribution in [1.82, 2.24) is 0 Å². The third-order valence-electron chi connectivity index (χ3n) is 1.47. The standard InChI is InChI=1S/C9H9NO3.Hg/c1-6(11)10-8-5-3-2-4-7(8)9(12)13;/h2-5H,1H3,(H,10,11)(H,12,13);. The number of amides is 1. The Morgan fingerprint density at radius 3 is 2.36 bits per heavy atom. The molecule has 0 aliphatic heterocycles. The van der Waals surface area contributed by atoms with Gasteiger partial charge in [0.25, 0.3) is 0 Å². The number of aromatic carboxylic acids is 1. The number of carboxylic acid groups (broad SMARTS) is 1. The molecule has 1 rings (SSSR count). The molecule has 0 saturated heterocycles. The first-order chi connectivity index (χ1) is 6.11. The minimum Gasteiger partial charge on any atom is -0.478 e. The Bertz CT molecular complexity index is 352. The molecule has 0 bridgehead atoms. The number of rotatable bonds is 2. The van der Waals surface area contributed by atoms with Gasteiger partial charge in [-0.15, -0.1) is 0 Å². The monoisotopic (exact) mass is 381 g/mol. The molecule has 0 spiro atoms. The summed E-state index contributed by atoms with van der Waals surface area (Å²) in [5, 5.41) is 11.2. The molecular formula is C9H9HgNO3. The molecule has 0 atom stereocenters. The first-order valence-corrected chi connectivity index (χ1v) is 3.71. The fraction of sp³-hybridized carbons (Fsp3) is 0.111. The number of hydrogen-bond acceptors (Lipinski definition) is 2. The summed E-state index contributed by atoms with van der Waals surface area (Å²) in [6, 6.07) is 6.25. The van der Waals surface area contributed by atoms with Crippen molar-refractivity contribution in [3.8, 4) is 0 Å². The van der Waals surface area contributed by atoms with Gasteiger partial charge in [0.2, 0.25) is 5.91 Å². The van der Waals surface area contributed by atoms with Gasteiger partial charge in [-0.2, -0.15) is 0 Å². The van der Waals surface area contributed by atoms with Crippen LogP contribution < -0.4 is 5.32 Å². The van der Waals surface area contributed by atoms with Crippen LogP contribution in [0, 0.1) is 0 Å². The number of carboxylic acids is 1. The molecule has 2 N–H and O–H groups in total. The van der Waals surface area contributed by atoms with E-state index in [1.54, 1.807) is 18.2 Å². The minimum absolute atomic E-state index is 0. The maximum atomic E-state index is 10.7. The predicted octanol–water partition coefficient (Wildman–Crippen LogP) is 1.34. The number of para-hydroxylation sites is 1. The molecule has 14 heavy (non-hydrogen) atoms. The Morgan fingerprint density at radius 2 is 1.86 bits per heavy atom. The second kappa shape index (κ2) is 5.75. The molecule has 1 aromatic rings. The van der Waals surface area contributed by atoms with Gasteiger partial charge in [-0.1, -0.05) is 12.1 Å². The van der Waals surface area contributed by atoms with Crippen LogP contribution in [0.25, 0.3) is 0 Å². The average Bonchev–Trinajstić information content (AvgIpc) is 2.03. The van der Waals surface area contributed by atoms with Crippen molar-refractivity contribution in [2.75, 3.05) is 5.32 Å². The number of anilines is 1. The zero-order chi connectivity index (χ0) is 9.84. The Balaban J connectivity index is 0.00000169. The van der Waals surface area contributed by atoms with Gasteiger partial charge in [-0.3, -0.25) is 4.79 Å². The van der Waals surface area contributed by atoms with Crippen LogP contribution in [0.2, 0.25) is 0 Å². The van der Waals surface area contributed by atoms with Gasteiger partial charge in [0.05, 0.1) is 11.3 Å². The smallest absolute Gasteiger partial charge is 0.337 e. The fourth-order valence-corrected chi connectivity index (χ4v) is 0.968. The second-order valence-corrected chi connectivity index (χ2v) is 2.53. The molecule has 1 amide bonds. The summed E-state index contributed by atoms with van der Waals surface area (Å²) in [7, 11) is 0. The Kier molecular flexibility index (Phi) is 5.38. The molecule has 0 aliphatic rings. The van der Waals surface area contributed by atoms with Gasteiger partial charge in [-0.05, 0) is 12.1 Å². The Labute approximate surface area is 102 Å². The van der Waals surface area contributed by atoms with Gasteiger partial charge >= 0.3 is 5.97 Å². The van der Waals surface area contributed by atoms with Crippen LogP contribution in [0.5, 0.6) is 0 Å². The summed E-state index contributed by atoms with van der Waals surface area (Å²) >= 11 is 0. The van der Waals surface area contributed by atoms with Crippen LogP contribution in [0.15, 0.2) is 24.3 Å². The molecule has 0 fully saturated rings. The summed E-state index contributed by atoms with van der Waals surface area (Å²) in [6.45, 7) is 1.33. The van der Waals surface area contributed by atoms with Crippen molar-refractivity contribution in [3.63, 3.8) is 0 Å². The third-order valence-corrected chi connectivity index (χ3v) is 1.47. The van der Waals surface area contributed by atoms with Crippen LogP contribution in [0.1, 0.15) is 17.3 Å². The SMILES string of the molecule is CC(=O)Nc1ccccc1C(=O)O.[Hg]. The Morgan fingerprint density at radius 1 is 1.29 bits per heavy atom. The van der Waals surface area contributed by atoms with E-state index >= 15 is 0 Å². The van der Waals surface area contributed by atoms with Crippen molar-refractivity contribution in [3.05, 3.63) is 29.8 Å². The number of nitrogens with one attached hydrogen (secondary N) is 1. The normalized spacial score (nSPS) is 8.64. The quantitative estimate of drug-likeness (QED) is 0.762. The minimum atomic E-state index is -1.05. The summed E-state index contributed by atoms with van der Waals surface area (Å²) in [4.78, 5) is 21.3. The molecular weight excluding hydrogens is 371 g/mol. The van der Waals surface area contributed by atoms with Crippen LogP contribution >= 0.6 is 0 Å². The van der Waals surface area contributed by atoms with Crippen molar-refractivity contribution in [1.29, 1.82) is 0 Å². The zero-order valence-electron chi connectivity index (χ0n) is 7.78. The first-order valence-electron chi connectivity index (χ1n) is 3.71. The van der Waals surface area contributed by atoms with Gasteiger partial charge in [-0.25, -0.2) is 4.79 Å². The number of carbonyl (C=O) groups excluding carboxylic acids is 1. The maximum Gasteiger partial charge on any atom is 0.337 e. The zero-order valence-corrected chi connectivity index (χ0v) is 13.3. The number of carbonyl (C=O) groups is 2. The molecule has 0 saturated carbocycles. The van der Waals surface area contributed by atoms with E-state index in [4.69, 9.17) is 5.11 Å². The number of hydrogen-bond donors (Lipinski definition) is 2. The summed E-state index contributed by atoms with van der Waals surface area (Å²) in [6.07, 6.45) is 0. The van der Waals surface area contributed by atoms with Gasteiger partial charge < -0.3 is 10.4 Å². The summed E-state index contributed by atoms with van der Waals surface area (Å²) in [5.41, 5.74) is 0.417. The van der Waals surface area contributed by atoms with E-state index < -0.39 is 5.97 Å². The van der Waals surface area contributed by atoms with Crippen LogP contribution in [-0.4, -0.2) is 17.0 Å². The van der Waals surface area contributed by atoms with Gasteiger partial charge in [0, 0.05) is 34.6 Å². The van der Waals surface area contributed by atoms with Gasteiger partial charge in [0.1, 0.15) is 0 Å². The van der Waals surface area contributed by atoms with E-state index in [0.717, 1.165) is 0 Å². The first kappa shape index (κ1) is 13.1. The van der Waals surface area contributed by atoms with Gasteiger partial charge in [0.15, 0.2) is 0 Å². The van der Waals surface area contributed by atoms with Crippen LogP contribution in [-0.2, 0) is 32.5 Å². The molecule has 0 aliphatic carbocycles. The molecule has 0 unspecified atom stereocenters. The number of benzene rings is 1. The van der Waals surface area contributed by atoms with Crippen molar-refractivity contribution in [2.24, 2.45) is 0 Å². The van der Waals surface area contributed by atoms with E-state index in [9.17, 15) is 9.59 Å². The van der Waals surface area contributed by atoms with E-state index in [1.807, 2.05) is 0 Å². The fourth-order valence-electron chi connectivity index (χ4n) is 0.968. The molecule has 0 aromatic heterocycles. The summed E-state index contributed by atoms with van der Waals surface area (Å²) in [5.74, 6) is -1.34. The molecule has 70 valence electrons. The van der Waals surface area contributed by atoms with Crippen LogP contribution in [0.4, 0.5) is 5.69 Å². The largest absolute Gasteiger partial charge is 0.478 e. The van der Waals surface area contributed by atoms with E-state index in [2.05, 4.69) is 5.32 Å². The van der Waals surface area contributed by atoms with E-state index in [0.29, 0.717) is 5.69 Å². The van der Waals surface area contributed by atoms with E-state index in [1.165, 1.54) is 13.0 Å². The average molecular weight is 380 g/mol. The van der Waals surface area contributed by atoms with E-state index in [-0.39, 0.29) is 39.1 Å². The van der Waals surface area contributed by atoms with Crippen molar-refractivity contribution >= 4 is 17.6 Å². The molecule has 4 nitrogen and oxygen atoms in total.